The molecule has 0 amide bonds. The van der Waals surface area contributed by atoms with Crippen LogP contribution in [-0.4, -0.2) is 11.5 Å². The fourth-order valence-corrected chi connectivity index (χ4v) is 5.78. The lowest BCUT2D eigenvalue weighted by Gasteiger charge is -2.19. The van der Waals surface area contributed by atoms with Gasteiger partial charge in [0.1, 0.15) is 5.84 Å². The highest BCUT2D eigenvalue weighted by Gasteiger charge is 2.17. The minimum atomic E-state index is 0.856. The van der Waals surface area contributed by atoms with Gasteiger partial charge in [-0.05, 0) is 51.2 Å². The highest BCUT2D eigenvalue weighted by atomic mass is 15.0. The molecule has 0 fully saturated rings. The first-order chi connectivity index (χ1) is 18.8. The number of hydrogen-bond donors (Lipinski definition) is 1. The van der Waals surface area contributed by atoms with E-state index >= 15 is 0 Å². The second-order valence-electron chi connectivity index (χ2n) is 9.95. The van der Waals surface area contributed by atoms with Gasteiger partial charge in [0.2, 0.25) is 0 Å². The molecule has 178 valence electrons. The Labute approximate surface area is 220 Å². The van der Waals surface area contributed by atoms with Crippen LogP contribution in [0.4, 0.5) is 17.1 Å². The summed E-state index contributed by atoms with van der Waals surface area (Å²) in [6, 6.07) is 42.9. The minimum Gasteiger partial charge on any atom is -0.339 e. The molecule has 3 nitrogen and oxygen atoms in total. The maximum absolute atomic E-state index is 5.03. The van der Waals surface area contributed by atoms with Crippen LogP contribution in [0.2, 0.25) is 0 Å². The predicted molar refractivity (Wildman–Crippen MR) is 159 cm³/mol. The molecule has 38 heavy (non-hydrogen) atoms. The summed E-state index contributed by atoms with van der Waals surface area (Å²) in [6.45, 7) is 0. The van der Waals surface area contributed by atoms with Crippen molar-refractivity contribution >= 4 is 50.2 Å². The normalized spacial score (nSPS) is 13.7. The third-order valence-electron chi connectivity index (χ3n) is 7.66. The smallest absolute Gasteiger partial charge is 0.138 e. The largest absolute Gasteiger partial charge is 0.339 e. The summed E-state index contributed by atoms with van der Waals surface area (Å²) in [6.07, 6.45) is 0.856. The molecule has 0 aliphatic carbocycles. The Kier molecular flexibility index (Phi) is 4.58. The van der Waals surface area contributed by atoms with Gasteiger partial charge in [0, 0.05) is 28.4 Å². The highest BCUT2D eigenvalue weighted by Crippen LogP contribution is 2.37. The second-order valence-corrected chi connectivity index (χ2v) is 9.95. The van der Waals surface area contributed by atoms with E-state index in [4.69, 9.17) is 9.98 Å². The summed E-state index contributed by atoms with van der Waals surface area (Å²) < 4.78 is 0. The van der Waals surface area contributed by atoms with E-state index in [-0.39, 0.29) is 0 Å². The van der Waals surface area contributed by atoms with Gasteiger partial charge in [-0.3, -0.25) is 4.99 Å². The molecule has 6 aromatic rings. The van der Waals surface area contributed by atoms with Crippen LogP contribution in [0.25, 0.3) is 32.7 Å². The van der Waals surface area contributed by atoms with E-state index < -0.39 is 0 Å². The van der Waals surface area contributed by atoms with Crippen molar-refractivity contribution in [3.8, 4) is 11.1 Å². The molecule has 3 heteroatoms. The van der Waals surface area contributed by atoms with E-state index in [1.165, 1.54) is 43.8 Å². The van der Waals surface area contributed by atoms with E-state index in [0.717, 1.165) is 40.6 Å². The van der Waals surface area contributed by atoms with E-state index in [1.54, 1.807) is 0 Å². The first kappa shape index (κ1) is 21.1. The number of hydrogen-bond acceptors (Lipinski definition) is 3. The number of nitrogens with one attached hydrogen (secondary N) is 1. The molecule has 2 heterocycles. The molecule has 0 saturated carbocycles. The predicted octanol–water partition coefficient (Wildman–Crippen LogP) is 8.84. The van der Waals surface area contributed by atoms with Gasteiger partial charge in [-0.1, -0.05) is 103 Å². The van der Waals surface area contributed by atoms with Crippen LogP contribution < -0.4 is 5.32 Å². The van der Waals surface area contributed by atoms with Crippen molar-refractivity contribution in [2.75, 3.05) is 5.32 Å². The molecule has 1 N–H and O–H groups in total. The zero-order valence-electron chi connectivity index (χ0n) is 20.6. The number of nitrogens with zero attached hydrogens (tertiary/aromatic N) is 2. The zero-order valence-corrected chi connectivity index (χ0v) is 20.6. The number of benzene rings is 6. The summed E-state index contributed by atoms with van der Waals surface area (Å²) >= 11 is 0. The van der Waals surface area contributed by atoms with Gasteiger partial charge in [0.15, 0.2) is 0 Å². The van der Waals surface area contributed by atoms with Crippen molar-refractivity contribution in [2.24, 2.45) is 9.98 Å². The third-order valence-corrected chi connectivity index (χ3v) is 7.66. The summed E-state index contributed by atoms with van der Waals surface area (Å²) in [5, 5.41) is 8.46. The van der Waals surface area contributed by atoms with Crippen LogP contribution in [-0.2, 0) is 6.42 Å². The van der Waals surface area contributed by atoms with E-state index in [0.29, 0.717) is 0 Å². The average molecular weight is 486 g/mol. The van der Waals surface area contributed by atoms with Gasteiger partial charge in [-0.2, -0.15) is 0 Å². The van der Waals surface area contributed by atoms with Gasteiger partial charge < -0.3 is 5.32 Å². The van der Waals surface area contributed by atoms with Crippen LogP contribution in [0.5, 0.6) is 0 Å². The Morgan fingerprint density at radius 1 is 0.474 bits per heavy atom. The molecule has 0 atom stereocenters. The van der Waals surface area contributed by atoms with Crippen molar-refractivity contribution in [3.05, 3.63) is 138 Å². The maximum Gasteiger partial charge on any atom is 0.138 e. The fourth-order valence-electron chi connectivity index (χ4n) is 5.78. The van der Waals surface area contributed by atoms with Crippen LogP contribution in [0.1, 0.15) is 16.7 Å². The Balaban J connectivity index is 1.08. The van der Waals surface area contributed by atoms with Gasteiger partial charge in [0.25, 0.3) is 0 Å². The molecule has 0 unspecified atom stereocenters. The molecule has 0 saturated heterocycles. The van der Waals surface area contributed by atoms with Crippen LogP contribution >= 0.6 is 0 Å². The van der Waals surface area contributed by atoms with Gasteiger partial charge >= 0.3 is 0 Å². The summed E-state index contributed by atoms with van der Waals surface area (Å²) in [7, 11) is 0. The first-order valence-electron chi connectivity index (χ1n) is 13.0. The van der Waals surface area contributed by atoms with Crippen LogP contribution in [0.3, 0.4) is 0 Å². The minimum absolute atomic E-state index is 0.856. The van der Waals surface area contributed by atoms with Crippen LogP contribution in [0.15, 0.2) is 131 Å². The van der Waals surface area contributed by atoms with Crippen molar-refractivity contribution in [1.82, 2.24) is 0 Å². The molecule has 6 aromatic carbocycles. The molecule has 0 spiro atoms. The van der Waals surface area contributed by atoms with Gasteiger partial charge in [-0.15, -0.1) is 0 Å². The molecule has 0 radical (unpaired) electrons. The fraction of sp³-hybridized carbons (Fsp3) is 0.0286. The lowest BCUT2D eigenvalue weighted by Crippen LogP contribution is -2.16. The Hall–Kier alpha value is -5.02. The quantitative estimate of drug-likeness (QED) is 0.267. The highest BCUT2D eigenvalue weighted by molar-refractivity contribution is 6.19. The summed E-state index contributed by atoms with van der Waals surface area (Å²) in [4.78, 5) is 9.95. The molecular formula is C35H23N3. The Bertz CT molecular complexity index is 1790. The van der Waals surface area contributed by atoms with Crippen LogP contribution in [0, 0.1) is 0 Å². The second kappa shape index (κ2) is 8.25. The monoisotopic (exact) mass is 485 g/mol. The summed E-state index contributed by atoms with van der Waals surface area (Å²) in [5.41, 5.74) is 10.3. The molecule has 0 bridgehead atoms. The molecular weight excluding hydrogens is 462 g/mol. The van der Waals surface area contributed by atoms with E-state index in [2.05, 4.69) is 127 Å². The SMILES string of the molecule is c1cc2c3c(cccc3c1)N=C(c1ccc(-c3ccc(C4=Nc5cccc6cccc(c56)N4)cc3)cc1)C2. The number of amidine groups is 1. The third kappa shape index (κ3) is 3.36. The zero-order chi connectivity index (χ0) is 25.1. The maximum atomic E-state index is 5.03. The van der Waals surface area contributed by atoms with Crippen molar-refractivity contribution in [3.63, 3.8) is 0 Å². The lowest BCUT2D eigenvalue weighted by atomic mass is 9.92. The molecule has 0 aromatic heterocycles. The summed E-state index contributed by atoms with van der Waals surface area (Å²) in [5.74, 6) is 0.878. The topological polar surface area (TPSA) is 36.8 Å². The molecule has 2 aliphatic rings. The standard InChI is InChI=1S/C35H23N3/c1-5-25-6-2-10-29-33(25)28(9-1)21-32(36-29)24-17-13-22(14-18-24)23-15-19-27(20-16-23)35-37-30-11-3-7-26-8-4-12-31(38-35)34(26)30/h1-20H,21H2,(H,37,38). The van der Waals surface area contributed by atoms with Crippen molar-refractivity contribution in [2.45, 2.75) is 6.42 Å². The van der Waals surface area contributed by atoms with Gasteiger partial charge in [-0.25, -0.2) is 4.99 Å². The first-order valence-corrected chi connectivity index (χ1v) is 13.0. The Morgan fingerprint density at radius 2 is 1.03 bits per heavy atom. The Morgan fingerprint density at radius 3 is 1.74 bits per heavy atom. The lowest BCUT2D eigenvalue weighted by molar-refractivity contribution is 1.29. The number of rotatable bonds is 3. The molecule has 2 aliphatic heterocycles. The van der Waals surface area contributed by atoms with E-state index in [9.17, 15) is 0 Å². The van der Waals surface area contributed by atoms with Crippen molar-refractivity contribution < 1.29 is 0 Å². The van der Waals surface area contributed by atoms with Gasteiger partial charge in [0.05, 0.1) is 17.1 Å². The molecule has 8 rings (SSSR count). The van der Waals surface area contributed by atoms with Crippen molar-refractivity contribution in [1.29, 1.82) is 0 Å². The average Bonchev–Trinajstić information content (AvgIpc) is 2.98. The van der Waals surface area contributed by atoms with E-state index in [1.807, 2.05) is 0 Å². The number of anilines is 1. The number of aliphatic imine (C=N–C) groups is 2.